The first-order valence-corrected chi connectivity index (χ1v) is 11.2. The van der Waals surface area contributed by atoms with Crippen molar-refractivity contribution in [2.24, 2.45) is 5.73 Å². The summed E-state index contributed by atoms with van der Waals surface area (Å²) in [5, 5.41) is 17.3. The fourth-order valence-corrected chi connectivity index (χ4v) is 3.61. The highest BCUT2D eigenvalue weighted by Crippen LogP contribution is 2.17. The lowest BCUT2D eigenvalue weighted by Gasteiger charge is -2.14. The Morgan fingerprint density at radius 1 is 0.971 bits per heavy atom. The Balaban J connectivity index is 0.00000432. The van der Waals surface area contributed by atoms with Crippen LogP contribution in [0.3, 0.4) is 0 Å². The van der Waals surface area contributed by atoms with Gasteiger partial charge < -0.3 is 21.7 Å². The molecule has 1 fully saturated rings. The molecule has 2 aromatic carbocycles. The summed E-state index contributed by atoms with van der Waals surface area (Å²) in [6.45, 7) is 0.156. The number of nitrogens with one attached hydrogen (secondary N) is 4. The Kier molecular flexibility index (Phi) is 10.9. The maximum absolute atomic E-state index is 12.2. The number of hydrogen-bond acceptors (Lipinski definition) is 6. The predicted molar refractivity (Wildman–Crippen MR) is 135 cm³/mol. The van der Waals surface area contributed by atoms with Crippen LogP contribution >= 0.6 is 0 Å². The molecule has 0 bridgehead atoms. The number of rotatable bonds is 8. The lowest BCUT2D eigenvalue weighted by Crippen LogP contribution is -2.50. The molecule has 1 atom stereocenters. The van der Waals surface area contributed by atoms with Gasteiger partial charge >= 0.3 is 0 Å². The molecule has 0 unspecified atom stereocenters. The Bertz CT molecular complexity index is 1050. The van der Waals surface area contributed by atoms with Crippen molar-refractivity contribution >= 4 is 23.4 Å². The third kappa shape index (κ3) is 8.54. The van der Waals surface area contributed by atoms with E-state index in [0.717, 1.165) is 18.4 Å². The summed E-state index contributed by atoms with van der Waals surface area (Å²) in [5.74, 6) is 4.72. The summed E-state index contributed by atoms with van der Waals surface area (Å²) >= 11 is 0. The first kappa shape index (κ1) is 27.5. The van der Waals surface area contributed by atoms with Crippen molar-refractivity contribution < 1.29 is 19.6 Å². The number of amides is 3. The normalized spacial score (nSPS) is 13.5. The Morgan fingerprint density at radius 3 is 2.09 bits per heavy atom. The van der Waals surface area contributed by atoms with Crippen molar-refractivity contribution in [3.8, 4) is 11.8 Å². The molecule has 0 spiro atoms. The lowest BCUT2D eigenvalue weighted by atomic mass is 10.1. The van der Waals surface area contributed by atoms with E-state index in [1.54, 1.807) is 36.4 Å². The van der Waals surface area contributed by atoms with Gasteiger partial charge in [0, 0.05) is 35.0 Å². The van der Waals surface area contributed by atoms with Crippen molar-refractivity contribution in [3.63, 3.8) is 0 Å². The lowest BCUT2D eigenvalue weighted by molar-refractivity contribution is -0.130. The Labute approximate surface area is 205 Å². The number of carbonyl (C=O) groups excluding carboxylic acids is 3. The molecule has 1 saturated carbocycles. The van der Waals surface area contributed by atoms with Gasteiger partial charge in [0.1, 0.15) is 6.04 Å². The number of nitrogens with two attached hydrogens (primary N) is 1. The molecule has 0 aliphatic heterocycles. The van der Waals surface area contributed by atoms with E-state index < -0.39 is 17.9 Å². The van der Waals surface area contributed by atoms with Crippen molar-refractivity contribution in [2.75, 3.05) is 18.4 Å². The van der Waals surface area contributed by atoms with Gasteiger partial charge in [0.2, 0.25) is 5.91 Å². The van der Waals surface area contributed by atoms with E-state index in [1.165, 1.54) is 18.3 Å². The molecule has 186 valence electrons. The SMILES string of the molecule is C.NC[C@H](NC(=O)c1ccc(C#Cc2ccc(NC(=O)CNC3CCCC3)cc2)cc1)C(=O)NO. The van der Waals surface area contributed by atoms with E-state index >= 15 is 0 Å². The van der Waals surface area contributed by atoms with E-state index in [-0.39, 0.29) is 19.9 Å². The molecule has 0 radical (unpaired) electrons. The molecular formula is C26H33N5O4. The van der Waals surface area contributed by atoms with Gasteiger partial charge in [0.05, 0.1) is 6.54 Å². The van der Waals surface area contributed by atoms with Crippen LogP contribution in [-0.2, 0) is 9.59 Å². The van der Waals surface area contributed by atoms with E-state index in [0.29, 0.717) is 29.4 Å². The van der Waals surface area contributed by atoms with Crippen molar-refractivity contribution in [1.82, 2.24) is 16.1 Å². The van der Waals surface area contributed by atoms with E-state index in [1.807, 2.05) is 12.1 Å². The smallest absolute Gasteiger partial charge is 0.267 e. The fourth-order valence-electron chi connectivity index (χ4n) is 3.61. The van der Waals surface area contributed by atoms with Gasteiger partial charge in [0.25, 0.3) is 11.8 Å². The first-order valence-electron chi connectivity index (χ1n) is 11.2. The van der Waals surface area contributed by atoms with E-state index in [4.69, 9.17) is 10.9 Å². The van der Waals surface area contributed by atoms with Gasteiger partial charge in [-0.2, -0.15) is 0 Å². The summed E-state index contributed by atoms with van der Waals surface area (Å²) in [4.78, 5) is 35.8. The highest BCUT2D eigenvalue weighted by molar-refractivity contribution is 5.97. The van der Waals surface area contributed by atoms with Crippen LogP contribution in [0.4, 0.5) is 5.69 Å². The fraction of sp³-hybridized carbons (Fsp3) is 0.346. The quantitative estimate of drug-likeness (QED) is 0.193. The average molecular weight is 480 g/mol. The molecule has 2 aromatic rings. The standard InChI is InChI=1S/C25H29N5O4.CH4/c26-15-22(25(33)30-34)29-24(32)19-11-7-17(8-12-19)5-6-18-9-13-21(14-10-18)28-23(31)16-27-20-3-1-2-4-20;/h7-14,20,22,27,34H,1-4,15-16,26H2,(H,28,31)(H,29,32)(H,30,33);1H4/t22-;/m0./s1. The van der Waals surface area contributed by atoms with Crippen molar-refractivity contribution in [3.05, 3.63) is 65.2 Å². The topological polar surface area (TPSA) is 146 Å². The van der Waals surface area contributed by atoms with Gasteiger partial charge in [-0.05, 0) is 61.4 Å². The van der Waals surface area contributed by atoms with Crippen LogP contribution < -0.4 is 27.2 Å². The highest BCUT2D eigenvalue weighted by Gasteiger charge is 2.19. The van der Waals surface area contributed by atoms with Crippen molar-refractivity contribution in [1.29, 1.82) is 0 Å². The number of carbonyl (C=O) groups is 3. The second-order valence-electron chi connectivity index (χ2n) is 8.05. The average Bonchev–Trinajstić information content (AvgIpc) is 3.39. The zero-order valence-electron chi connectivity index (χ0n) is 18.8. The molecule has 9 nitrogen and oxygen atoms in total. The molecule has 3 amide bonds. The highest BCUT2D eigenvalue weighted by atomic mass is 16.5. The molecule has 7 N–H and O–H groups in total. The monoisotopic (exact) mass is 479 g/mol. The zero-order valence-corrected chi connectivity index (χ0v) is 18.8. The van der Waals surface area contributed by atoms with Gasteiger partial charge in [-0.25, -0.2) is 5.48 Å². The summed E-state index contributed by atoms with van der Waals surface area (Å²) in [6, 6.07) is 13.2. The third-order valence-corrected chi connectivity index (χ3v) is 5.54. The van der Waals surface area contributed by atoms with Gasteiger partial charge in [-0.15, -0.1) is 0 Å². The maximum atomic E-state index is 12.2. The van der Waals surface area contributed by atoms with Gasteiger partial charge in [-0.1, -0.05) is 32.1 Å². The Hall–Kier alpha value is -3.71. The van der Waals surface area contributed by atoms with Crippen LogP contribution in [0.1, 0.15) is 54.6 Å². The molecular weight excluding hydrogens is 446 g/mol. The first-order chi connectivity index (χ1) is 16.5. The van der Waals surface area contributed by atoms with Crippen molar-refractivity contribution in [2.45, 2.75) is 45.2 Å². The summed E-state index contributed by atoms with van der Waals surface area (Å²) < 4.78 is 0. The zero-order chi connectivity index (χ0) is 24.3. The number of benzene rings is 2. The van der Waals surface area contributed by atoms with Crippen LogP contribution in [0, 0.1) is 11.8 Å². The number of anilines is 1. The third-order valence-electron chi connectivity index (χ3n) is 5.54. The minimum Gasteiger partial charge on any atom is -0.339 e. The van der Waals surface area contributed by atoms with E-state index in [2.05, 4.69) is 27.8 Å². The van der Waals surface area contributed by atoms with Crippen LogP contribution in [-0.4, -0.2) is 48.1 Å². The van der Waals surface area contributed by atoms with Gasteiger partial charge in [-0.3, -0.25) is 19.6 Å². The van der Waals surface area contributed by atoms with Gasteiger partial charge in [0.15, 0.2) is 0 Å². The second kappa shape index (κ2) is 13.9. The summed E-state index contributed by atoms with van der Waals surface area (Å²) in [6.07, 6.45) is 4.72. The molecule has 35 heavy (non-hydrogen) atoms. The minimum absolute atomic E-state index is 0. The minimum atomic E-state index is -1.03. The van der Waals surface area contributed by atoms with Crippen LogP contribution in [0.15, 0.2) is 48.5 Å². The van der Waals surface area contributed by atoms with E-state index in [9.17, 15) is 14.4 Å². The number of hydrogen-bond donors (Lipinski definition) is 6. The predicted octanol–water partition coefficient (Wildman–Crippen LogP) is 1.76. The number of hydroxylamine groups is 1. The summed E-state index contributed by atoms with van der Waals surface area (Å²) in [5.41, 5.74) is 9.43. The molecule has 9 heteroatoms. The maximum Gasteiger partial charge on any atom is 0.267 e. The Morgan fingerprint density at radius 2 is 1.54 bits per heavy atom. The summed E-state index contributed by atoms with van der Waals surface area (Å²) in [7, 11) is 0. The molecule has 3 rings (SSSR count). The largest absolute Gasteiger partial charge is 0.339 e. The molecule has 0 saturated heterocycles. The molecule has 1 aliphatic carbocycles. The molecule has 0 heterocycles. The second-order valence-corrected chi connectivity index (χ2v) is 8.05. The van der Waals surface area contributed by atoms with Crippen LogP contribution in [0.25, 0.3) is 0 Å². The molecule has 0 aromatic heterocycles. The van der Waals surface area contributed by atoms with Crippen LogP contribution in [0.5, 0.6) is 0 Å². The molecule has 1 aliphatic rings. The van der Waals surface area contributed by atoms with Crippen LogP contribution in [0.2, 0.25) is 0 Å².